The lowest BCUT2D eigenvalue weighted by atomic mass is 9.99. The van der Waals surface area contributed by atoms with E-state index in [-0.39, 0.29) is 17.4 Å². The minimum Gasteiger partial charge on any atom is -0.478 e. The fourth-order valence-electron chi connectivity index (χ4n) is 4.31. The fourth-order valence-corrected chi connectivity index (χ4v) is 4.31. The Morgan fingerprint density at radius 2 is 1.78 bits per heavy atom. The molecule has 5 rings (SSSR count). The molecule has 1 saturated carbocycles. The molecule has 8 nitrogen and oxygen atoms in total. The first kappa shape index (κ1) is 24.1. The molecule has 1 amide bonds. The largest absolute Gasteiger partial charge is 0.478 e. The van der Waals surface area contributed by atoms with Crippen LogP contribution in [0, 0.1) is 25.7 Å². The molecule has 0 radical (unpaired) electrons. The number of carbonyl (C=O) groups excluding carboxylic acids is 1. The second kappa shape index (κ2) is 9.43. The summed E-state index contributed by atoms with van der Waals surface area (Å²) in [6.07, 6.45) is 2.18. The van der Waals surface area contributed by atoms with Crippen molar-refractivity contribution in [2.24, 2.45) is 7.05 Å². The number of aromatic nitrogens is 3. The number of amides is 1. The molecule has 2 aromatic carbocycles. The van der Waals surface area contributed by atoms with Crippen molar-refractivity contribution in [3.63, 3.8) is 0 Å². The highest BCUT2D eigenvalue weighted by Crippen LogP contribution is 2.46. The number of carbonyl (C=O) groups is 2. The van der Waals surface area contributed by atoms with E-state index in [1.54, 1.807) is 41.8 Å². The smallest absolute Gasteiger partial charge is 0.335 e. The van der Waals surface area contributed by atoms with Gasteiger partial charge in [0.1, 0.15) is 11.6 Å². The van der Waals surface area contributed by atoms with E-state index < -0.39 is 5.97 Å². The predicted molar refractivity (Wildman–Crippen MR) is 140 cm³/mol. The van der Waals surface area contributed by atoms with Crippen LogP contribution in [-0.4, -0.2) is 31.7 Å². The summed E-state index contributed by atoms with van der Waals surface area (Å²) in [5, 5.41) is 13.6. The molecule has 0 unspecified atom stereocenters. The molecule has 4 aromatic rings. The minimum atomic E-state index is -1.02. The van der Waals surface area contributed by atoms with E-state index in [0.29, 0.717) is 23.0 Å². The van der Waals surface area contributed by atoms with Gasteiger partial charge in [0.25, 0.3) is 5.88 Å². The maximum atomic E-state index is 13.4. The zero-order valence-electron chi connectivity index (χ0n) is 21.1. The van der Waals surface area contributed by atoms with E-state index in [1.165, 1.54) is 17.7 Å². The third kappa shape index (κ3) is 4.64. The number of nitrogens with zero attached hydrogens (tertiary/aromatic N) is 4. The van der Waals surface area contributed by atoms with Crippen LogP contribution >= 0.6 is 0 Å². The number of benzene rings is 2. The number of fused-ring (bicyclic) bond motifs is 1. The van der Waals surface area contributed by atoms with Crippen molar-refractivity contribution in [2.45, 2.75) is 39.5 Å². The van der Waals surface area contributed by atoms with Crippen molar-refractivity contribution in [1.29, 1.82) is 0 Å². The third-order valence-electron chi connectivity index (χ3n) is 6.53. The second-order valence-corrected chi connectivity index (χ2v) is 9.18. The van der Waals surface area contributed by atoms with Crippen LogP contribution in [0.1, 0.15) is 52.7 Å². The van der Waals surface area contributed by atoms with Gasteiger partial charge in [-0.1, -0.05) is 12.0 Å². The lowest BCUT2D eigenvalue weighted by molar-refractivity contribution is -0.112. The number of carboxylic acids is 1. The number of anilines is 2. The number of hydrogen-bond acceptors (Lipinski definition) is 5. The molecule has 1 aliphatic rings. The molecule has 1 aliphatic carbocycles. The number of carboxylic acid groups (broad SMARTS) is 1. The average molecular weight is 495 g/mol. The Hall–Kier alpha value is -4.64. The first-order valence-corrected chi connectivity index (χ1v) is 12.0. The number of aryl methyl sites for hydroxylation is 3. The van der Waals surface area contributed by atoms with Crippen molar-refractivity contribution >= 4 is 34.4 Å². The summed E-state index contributed by atoms with van der Waals surface area (Å²) in [5.74, 6) is 5.53. The molecule has 1 fully saturated rings. The Balaban J connectivity index is 1.62. The number of aromatic carboxylic acids is 1. The molecule has 0 bridgehead atoms. The van der Waals surface area contributed by atoms with E-state index in [4.69, 9.17) is 14.8 Å². The molecular formula is C29H26N4O4. The quantitative estimate of drug-likeness (QED) is 0.348. The fraction of sp³-hybridized carbons (Fsp3) is 0.241. The van der Waals surface area contributed by atoms with E-state index in [1.807, 2.05) is 19.1 Å². The Morgan fingerprint density at radius 1 is 1.08 bits per heavy atom. The molecule has 37 heavy (non-hydrogen) atoms. The summed E-state index contributed by atoms with van der Waals surface area (Å²) < 4.78 is 7.63. The summed E-state index contributed by atoms with van der Waals surface area (Å²) in [6.45, 7) is 5.75. The van der Waals surface area contributed by atoms with Gasteiger partial charge in [-0.3, -0.25) is 14.4 Å². The van der Waals surface area contributed by atoms with E-state index >= 15 is 0 Å². The number of ether oxygens (including phenoxy) is 1. The maximum absolute atomic E-state index is 13.4. The van der Waals surface area contributed by atoms with Gasteiger partial charge in [-0.05, 0) is 105 Å². The summed E-state index contributed by atoms with van der Waals surface area (Å²) in [6, 6.07) is 13.9. The van der Waals surface area contributed by atoms with E-state index in [2.05, 4.69) is 29.9 Å². The van der Waals surface area contributed by atoms with Crippen molar-refractivity contribution in [2.75, 3.05) is 4.90 Å². The first-order valence-electron chi connectivity index (χ1n) is 12.0. The SMILES string of the molecule is CC#CC(=O)N(c1ccc2c(n1)c(Oc1ccc(C(=O)O)cc1)nn2C)c1cc(C)c(C)cc1C1CC1. The zero-order valence-corrected chi connectivity index (χ0v) is 21.1. The molecule has 0 aliphatic heterocycles. The Morgan fingerprint density at radius 3 is 2.43 bits per heavy atom. The molecule has 2 heterocycles. The van der Waals surface area contributed by atoms with Crippen LogP contribution in [0.3, 0.4) is 0 Å². The van der Waals surface area contributed by atoms with Crippen molar-refractivity contribution in [3.05, 3.63) is 70.8 Å². The van der Waals surface area contributed by atoms with Crippen molar-refractivity contribution in [1.82, 2.24) is 14.8 Å². The van der Waals surface area contributed by atoms with Crippen molar-refractivity contribution < 1.29 is 19.4 Å². The predicted octanol–water partition coefficient (Wildman–Crippen LogP) is 5.64. The summed E-state index contributed by atoms with van der Waals surface area (Å²) >= 11 is 0. The molecule has 0 atom stereocenters. The van der Waals surface area contributed by atoms with E-state index in [9.17, 15) is 9.59 Å². The molecule has 186 valence electrons. The van der Waals surface area contributed by atoms with Crippen LogP contribution in [0.15, 0.2) is 48.5 Å². The van der Waals surface area contributed by atoms with Gasteiger partial charge in [0.2, 0.25) is 0 Å². The van der Waals surface area contributed by atoms with Gasteiger partial charge in [-0.25, -0.2) is 9.78 Å². The molecule has 1 N–H and O–H groups in total. The Bertz CT molecular complexity index is 1610. The molecule has 8 heteroatoms. The van der Waals surface area contributed by atoms with Crippen LogP contribution in [0.25, 0.3) is 11.0 Å². The van der Waals surface area contributed by atoms with Crippen molar-refractivity contribution in [3.8, 4) is 23.5 Å². The van der Waals surface area contributed by atoms with Crippen LogP contribution in [-0.2, 0) is 11.8 Å². The van der Waals surface area contributed by atoms with E-state index in [0.717, 1.165) is 35.2 Å². The molecule has 0 saturated heterocycles. The lowest BCUT2D eigenvalue weighted by Gasteiger charge is -2.24. The van der Waals surface area contributed by atoms with Gasteiger partial charge >= 0.3 is 11.9 Å². The standard InChI is InChI=1S/C29H26N4O4/c1-5-6-26(34)33(24-16-18(3)17(2)15-22(24)19-7-8-19)25-14-13-23-27(30-25)28(31-32(23)4)37-21-11-9-20(10-12-21)29(35)36/h9-16,19H,7-8H2,1-4H3,(H,35,36). The average Bonchev–Trinajstić information content (AvgIpc) is 3.67. The summed E-state index contributed by atoms with van der Waals surface area (Å²) in [5.41, 5.74) is 5.53. The van der Waals surface area contributed by atoms with Gasteiger partial charge < -0.3 is 9.84 Å². The molecule has 0 spiro atoms. The Labute approximate surface area is 214 Å². The van der Waals surface area contributed by atoms with Gasteiger partial charge in [0.15, 0.2) is 5.52 Å². The molecular weight excluding hydrogens is 468 g/mol. The monoisotopic (exact) mass is 494 g/mol. The van der Waals surface area contributed by atoms with Gasteiger partial charge in [0, 0.05) is 7.05 Å². The van der Waals surface area contributed by atoms with Crippen LogP contribution in [0.2, 0.25) is 0 Å². The summed E-state index contributed by atoms with van der Waals surface area (Å²) in [4.78, 5) is 30.9. The first-order chi connectivity index (χ1) is 17.8. The highest BCUT2D eigenvalue weighted by atomic mass is 16.5. The lowest BCUT2D eigenvalue weighted by Crippen LogP contribution is -2.26. The second-order valence-electron chi connectivity index (χ2n) is 9.18. The van der Waals surface area contributed by atoms with Gasteiger partial charge in [0.05, 0.1) is 16.8 Å². The number of hydrogen-bond donors (Lipinski definition) is 1. The highest BCUT2D eigenvalue weighted by Gasteiger charge is 2.31. The number of pyridine rings is 1. The van der Waals surface area contributed by atoms with Crippen LogP contribution in [0.4, 0.5) is 11.5 Å². The maximum Gasteiger partial charge on any atom is 0.335 e. The highest BCUT2D eigenvalue weighted by molar-refractivity contribution is 6.11. The van der Waals surface area contributed by atoms with Gasteiger partial charge in [-0.2, -0.15) is 0 Å². The summed E-state index contributed by atoms with van der Waals surface area (Å²) in [7, 11) is 1.78. The molecule has 2 aromatic heterocycles. The van der Waals surface area contributed by atoms with Crippen LogP contribution in [0.5, 0.6) is 11.6 Å². The topological polar surface area (TPSA) is 97.6 Å². The van der Waals surface area contributed by atoms with Gasteiger partial charge in [-0.15, -0.1) is 5.10 Å². The number of rotatable bonds is 6. The Kier molecular flexibility index (Phi) is 6.14. The third-order valence-corrected chi connectivity index (χ3v) is 6.53. The van der Waals surface area contributed by atoms with Crippen LogP contribution < -0.4 is 9.64 Å². The zero-order chi connectivity index (χ0) is 26.3. The minimum absolute atomic E-state index is 0.157. The normalized spacial score (nSPS) is 12.6.